The quantitative estimate of drug-likeness (QED) is 0.577. The Bertz CT molecular complexity index is 966. The van der Waals surface area contributed by atoms with Gasteiger partial charge in [0.1, 0.15) is 18.2 Å². The lowest BCUT2D eigenvalue weighted by Crippen LogP contribution is -2.16. The molecule has 0 aliphatic rings. The van der Waals surface area contributed by atoms with E-state index >= 15 is 0 Å². The van der Waals surface area contributed by atoms with Gasteiger partial charge in [-0.1, -0.05) is 36.9 Å². The Balaban J connectivity index is 1.70. The lowest BCUT2D eigenvalue weighted by atomic mass is 10.0. The molecule has 1 aromatic heterocycles. The van der Waals surface area contributed by atoms with Gasteiger partial charge < -0.3 is 15.0 Å². The highest BCUT2D eigenvalue weighted by molar-refractivity contribution is 5.87. The SMILES string of the molecule is C=C(COc1cccc(Nc2ccc(-c3ccccc3C=O)cn2)c1)N(C)C. The predicted molar refractivity (Wildman–Crippen MR) is 113 cm³/mol. The van der Waals surface area contributed by atoms with Crippen molar-refractivity contribution in [1.82, 2.24) is 9.88 Å². The number of hydrogen-bond donors (Lipinski definition) is 1. The maximum absolute atomic E-state index is 11.2. The minimum Gasteiger partial charge on any atom is -0.487 e. The minimum absolute atomic E-state index is 0.430. The number of aldehydes is 1. The molecule has 28 heavy (non-hydrogen) atoms. The first-order chi connectivity index (χ1) is 13.6. The third-order valence-electron chi connectivity index (χ3n) is 4.31. The molecular weight excluding hydrogens is 350 g/mol. The van der Waals surface area contributed by atoms with Gasteiger partial charge in [-0.25, -0.2) is 4.98 Å². The standard InChI is InChI=1S/C23H23N3O2/c1-17(26(2)3)16-28-21-9-6-8-20(13-21)25-23-12-11-18(14-24-23)22-10-5-4-7-19(22)15-27/h4-15H,1,16H2,2-3H3,(H,24,25). The molecule has 1 N–H and O–H groups in total. The van der Waals surface area contributed by atoms with Crippen molar-refractivity contribution < 1.29 is 9.53 Å². The smallest absolute Gasteiger partial charge is 0.150 e. The lowest BCUT2D eigenvalue weighted by molar-refractivity contribution is 0.112. The molecule has 0 saturated heterocycles. The molecule has 0 aliphatic carbocycles. The Labute approximate surface area is 165 Å². The normalized spacial score (nSPS) is 10.2. The molecular formula is C23H23N3O2. The summed E-state index contributed by atoms with van der Waals surface area (Å²) >= 11 is 0. The van der Waals surface area contributed by atoms with Crippen LogP contribution in [0.3, 0.4) is 0 Å². The van der Waals surface area contributed by atoms with Crippen molar-refractivity contribution in [1.29, 1.82) is 0 Å². The molecule has 0 radical (unpaired) electrons. The van der Waals surface area contributed by atoms with Crippen molar-refractivity contribution in [3.8, 4) is 16.9 Å². The van der Waals surface area contributed by atoms with Crippen molar-refractivity contribution >= 4 is 17.8 Å². The zero-order valence-corrected chi connectivity index (χ0v) is 16.1. The Morgan fingerprint density at radius 2 is 1.96 bits per heavy atom. The topological polar surface area (TPSA) is 54.5 Å². The van der Waals surface area contributed by atoms with Crippen LogP contribution in [-0.2, 0) is 0 Å². The summed E-state index contributed by atoms with van der Waals surface area (Å²) in [4.78, 5) is 17.6. The van der Waals surface area contributed by atoms with Gasteiger partial charge in [0.25, 0.3) is 0 Å². The fraction of sp³-hybridized carbons (Fsp3) is 0.130. The van der Waals surface area contributed by atoms with Gasteiger partial charge in [-0.05, 0) is 29.8 Å². The summed E-state index contributed by atoms with van der Waals surface area (Å²) in [5.74, 6) is 1.46. The number of rotatable bonds is 8. The van der Waals surface area contributed by atoms with Gasteiger partial charge >= 0.3 is 0 Å². The number of hydrogen-bond acceptors (Lipinski definition) is 5. The molecule has 0 aliphatic heterocycles. The fourth-order valence-corrected chi connectivity index (χ4v) is 2.60. The summed E-state index contributed by atoms with van der Waals surface area (Å²) < 4.78 is 5.78. The van der Waals surface area contributed by atoms with Crippen LogP contribution in [0.15, 0.2) is 79.1 Å². The highest BCUT2D eigenvalue weighted by atomic mass is 16.5. The summed E-state index contributed by atoms with van der Waals surface area (Å²) in [6, 6.07) is 19.0. The first kappa shape index (κ1) is 19.2. The van der Waals surface area contributed by atoms with E-state index in [9.17, 15) is 4.79 Å². The van der Waals surface area contributed by atoms with Crippen LogP contribution in [0.25, 0.3) is 11.1 Å². The van der Waals surface area contributed by atoms with Crippen LogP contribution in [0.5, 0.6) is 5.75 Å². The highest BCUT2D eigenvalue weighted by Crippen LogP contribution is 2.25. The molecule has 0 fully saturated rings. The van der Waals surface area contributed by atoms with Gasteiger partial charge in [-0.15, -0.1) is 0 Å². The number of anilines is 2. The Morgan fingerprint density at radius 3 is 2.68 bits per heavy atom. The number of carbonyl (C=O) groups is 1. The summed E-state index contributed by atoms with van der Waals surface area (Å²) in [6.07, 6.45) is 2.62. The van der Waals surface area contributed by atoms with Crippen LogP contribution in [-0.4, -0.2) is 36.9 Å². The van der Waals surface area contributed by atoms with Crippen LogP contribution in [0, 0.1) is 0 Å². The van der Waals surface area contributed by atoms with Crippen molar-refractivity contribution in [2.45, 2.75) is 0 Å². The molecule has 2 aromatic carbocycles. The van der Waals surface area contributed by atoms with Crippen molar-refractivity contribution in [2.75, 3.05) is 26.0 Å². The first-order valence-corrected chi connectivity index (χ1v) is 8.92. The minimum atomic E-state index is 0.430. The number of nitrogens with zero attached hydrogens (tertiary/aromatic N) is 2. The molecule has 0 bridgehead atoms. The van der Waals surface area contributed by atoms with Gasteiger partial charge in [0.15, 0.2) is 6.29 Å². The average molecular weight is 373 g/mol. The van der Waals surface area contributed by atoms with Crippen molar-refractivity contribution in [3.63, 3.8) is 0 Å². The van der Waals surface area contributed by atoms with E-state index in [2.05, 4.69) is 16.9 Å². The second-order valence-corrected chi connectivity index (χ2v) is 6.54. The Hall–Kier alpha value is -3.60. The molecule has 3 aromatic rings. The Morgan fingerprint density at radius 1 is 1.14 bits per heavy atom. The highest BCUT2D eigenvalue weighted by Gasteiger charge is 2.05. The summed E-state index contributed by atoms with van der Waals surface area (Å²) in [6.45, 7) is 4.39. The van der Waals surface area contributed by atoms with Crippen LogP contribution in [0.2, 0.25) is 0 Å². The maximum atomic E-state index is 11.2. The van der Waals surface area contributed by atoms with E-state index in [1.54, 1.807) is 12.3 Å². The molecule has 0 spiro atoms. The predicted octanol–water partition coefficient (Wildman–Crippen LogP) is 4.76. The van der Waals surface area contributed by atoms with E-state index in [1.807, 2.05) is 73.6 Å². The molecule has 0 unspecified atom stereocenters. The largest absolute Gasteiger partial charge is 0.487 e. The fourth-order valence-electron chi connectivity index (χ4n) is 2.60. The second-order valence-electron chi connectivity index (χ2n) is 6.54. The van der Waals surface area contributed by atoms with E-state index in [0.29, 0.717) is 18.0 Å². The summed E-state index contributed by atoms with van der Waals surface area (Å²) in [5, 5.41) is 3.27. The van der Waals surface area contributed by atoms with Gasteiger partial charge in [0, 0.05) is 48.9 Å². The van der Waals surface area contributed by atoms with Gasteiger partial charge in [-0.3, -0.25) is 4.79 Å². The number of pyridine rings is 1. The maximum Gasteiger partial charge on any atom is 0.150 e. The van der Waals surface area contributed by atoms with Crippen LogP contribution < -0.4 is 10.1 Å². The summed E-state index contributed by atoms with van der Waals surface area (Å²) in [7, 11) is 3.87. The van der Waals surface area contributed by atoms with Crippen molar-refractivity contribution in [2.24, 2.45) is 0 Å². The monoisotopic (exact) mass is 373 g/mol. The van der Waals surface area contributed by atoms with Gasteiger partial charge in [0.05, 0.1) is 0 Å². The van der Waals surface area contributed by atoms with E-state index < -0.39 is 0 Å². The van der Waals surface area contributed by atoms with E-state index in [-0.39, 0.29) is 0 Å². The zero-order valence-electron chi connectivity index (χ0n) is 16.1. The summed E-state index contributed by atoms with van der Waals surface area (Å²) in [5.41, 5.74) is 4.18. The second kappa shape index (κ2) is 8.86. The molecule has 1 heterocycles. The molecule has 0 atom stereocenters. The number of likely N-dealkylation sites (N-methyl/N-ethyl adjacent to an activating group) is 1. The van der Waals surface area contributed by atoms with Crippen LogP contribution in [0.1, 0.15) is 10.4 Å². The molecule has 0 saturated carbocycles. The molecule has 5 heteroatoms. The first-order valence-electron chi connectivity index (χ1n) is 8.92. The molecule has 0 amide bonds. The van der Waals surface area contributed by atoms with Crippen molar-refractivity contribution in [3.05, 3.63) is 84.7 Å². The third kappa shape index (κ3) is 4.76. The number of nitrogens with one attached hydrogen (secondary N) is 1. The molecule has 5 nitrogen and oxygen atoms in total. The zero-order chi connectivity index (χ0) is 19.9. The molecule has 3 rings (SSSR count). The van der Waals surface area contributed by atoms with E-state index in [4.69, 9.17) is 4.74 Å². The third-order valence-corrected chi connectivity index (χ3v) is 4.31. The van der Waals surface area contributed by atoms with E-state index in [0.717, 1.165) is 34.5 Å². The lowest BCUT2D eigenvalue weighted by Gasteiger charge is -2.16. The molecule has 142 valence electrons. The van der Waals surface area contributed by atoms with E-state index in [1.165, 1.54) is 0 Å². The van der Waals surface area contributed by atoms with Gasteiger partial charge in [-0.2, -0.15) is 0 Å². The average Bonchev–Trinajstić information content (AvgIpc) is 2.72. The Kier molecular flexibility index (Phi) is 6.07. The number of carbonyl (C=O) groups excluding carboxylic acids is 1. The number of aromatic nitrogens is 1. The number of ether oxygens (including phenoxy) is 1. The van der Waals surface area contributed by atoms with Crippen LogP contribution >= 0.6 is 0 Å². The van der Waals surface area contributed by atoms with Gasteiger partial charge in [0.2, 0.25) is 0 Å². The van der Waals surface area contributed by atoms with Crippen LogP contribution in [0.4, 0.5) is 11.5 Å². The number of benzene rings is 2.